The summed E-state index contributed by atoms with van der Waals surface area (Å²) in [6.07, 6.45) is 1.15. The van der Waals surface area contributed by atoms with Gasteiger partial charge in [0.2, 0.25) is 0 Å². The summed E-state index contributed by atoms with van der Waals surface area (Å²) in [4.78, 5) is 22.2. The third-order valence-corrected chi connectivity index (χ3v) is 4.75. The topological polar surface area (TPSA) is 93.4 Å². The van der Waals surface area contributed by atoms with E-state index in [2.05, 4.69) is 0 Å². The van der Waals surface area contributed by atoms with E-state index >= 15 is 0 Å². The van der Waals surface area contributed by atoms with Gasteiger partial charge in [0.15, 0.2) is 9.84 Å². The number of rotatable bonds is 5. The normalized spacial score (nSPS) is 11.7. The Morgan fingerprint density at radius 1 is 1.39 bits per heavy atom. The lowest BCUT2D eigenvalue weighted by atomic mass is 10.3. The largest absolute Gasteiger partial charge is 0.478 e. The molecule has 1 N–H and O–H groups in total. The Hall–Kier alpha value is -1.63. The Bertz CT molecular complexity index is 600. The highest BCUT2D eigenvalue weighted by Crippen LogP contribution is 2.02. The van der Waals surface area contributed by atoms with Crippen LogP contribution in [0.2, 0.25) is 0 Å². The summed E-state index contributed by atoms with van der Waals surface area (Å²) in [7, 11) is -3.25. The van der Waals surface area contributed by atoms with E-state index in [0.717, 1.165) is 16.8 Å². The van der Waals surface area contributed by atoms with E-state index in [9.17, 15) is 18.0 Å². The quantitative estimate of drug-likeness (QED) is 0.836. The molecule has 6 nitrogen and oxygen atoms in total. The van der Waals surface area contributed by atoms with Crippen LogP contribution in [0.5, 0.6) is 0 Å². The molecule has 18 heavy (non-hydrogen) atoms. The molecule has 1 aromatic rings. The molecule has 0 atom stereocenters. The van der Waals surface area contributed by atoms with E-state index in [1.807, 2.05) is 0 Å². The molecule has 1 heterocycles. The van der Waals surface area contributed by atoms with E-state index in [-0.39, 0.29) is 17.9 Å². The van der Waals surface area contributed by atoms with Gasteiger partial charge in [0.1, 0.15) is 0 Å². The summed E-state index contributed by atoms with van der Waals surface area (Å²) in [5.41, 5.74) is -0.462. The van der Waals surface area contributed by atoms with Crippen molar-refractivity contribution >= 4 is 15.8 Å². The van der Waals surface area contributed by atoms with Gasteiger partial charge in [-0.2, -0.15) is 0 Å². The number of carboxylic acids is 1. The summed E-state index contributed by atoms with van der Waals surface area (Å²) in [5, 5.41) is 8.27. The van der Waals surface area contributed by atoms with Gasteiger partial charge in [0.25, 0.3) is 5.56 Å². The lowest BCUT2D eigenvalue weighted by Gasteiger charge is -2.09. The second-order valence-electron chi connectivity index (χ2n) is 4.17. The van der Waals surface area contributed by atoms with Crippen LogP contribution in [0.4, 0.5) is 0 Å². The zero-order valence-electron chi connectivity index (χ0n) is 10.2. The number of hydrogen-bond donors (Lipinski definition) is 1. The van der Waals surface area contributed by atoms with Crippen molar-refractivity contribution < 1.29 is 18.3 Å². The van der Waals surface area contributed by atoms with Crippen molar-refractivity contribution in [3.05, 3.63) is 34.2 Å². The molecule has 0 fully saturated rings. The third-order valence-electron chi connectivity index (χ3n) is 2.57. The molecule has 0 aliphatic carbocycles. The van der Waals surface area contributed by atoms with E-state index in [4.69, 9.17) is 5.11 Å². The first-order chi connectivity index (χ1) is 8.24. The number of carbonyl (C=O) groups is 1. The van der Waals surface area contributed by atoms with Crippen LogP contribution in [0.3, 0.4) is 0 Å². The highest BCUT2D eigenvalue weighted by molar-refractivity contribution is 7.91. The molecule has 0 amide bonds. The van der Waals surface area contributed by atoms with E-state index < -0.39 is 26.6 Å². The number of nitrogens with zero attached hydrogens (tertiary/aromatic N) is 1. The number of aryl methyl sites for hydroxylation is 1. The maximum atomic E-state index is 11.6. The molecule has 1 rings (SSSR count). The van der Waals surface area contributed by atoms with E-state index in [1.165, 1.54) is 6.07 Å². The molecule has 0 aromatic carbocycles. The van der Waals surface area contributed by atoms with E-state index in [0.29, 0.717) is 0 Å². The average molecular weight is 273 g/mol. The Labute approximate surface area is 105 Å². The van der Waals surface area contributed by atoms with Crippen LogP contribution >= 0.6 is 0 Å². The van der Waals surface area contributed by atoms with Crippen LogP contribution < -0.4 is 5.56 Å². The Balaban J connectivity index is 2.95. The molecule has 0 aliphatic heterocycles. The predicted octanol–water partition coefficient (Wildman–Crippen LogP) is 0.370. The predicted molar refractivity (Wildman–Crippen MR) is 66.6 cm³/mol. The molecule has 0 radical (unpaired) electrons. The number of aromatic carboxylic acids is 1. The number of sulfone groups is 1. The summed E-state index contributed by atoms with van der Waals surface area (Å²) in [6, 6.07) is 2.31. The maximum Gasteiger partial charge on any atom is 0.337 e. The molecule has 0 saturated heterocycles. The monoisotopic (exact) mass is 273 g/mol. The van der Waals surface area contributed by atoms with Crippen molar-refractivity contribution in [2.24, 2.45) is 0 Å². The van der Waals surface area contributed by atoms with Crippen LogP contribution in [-0.2, 0) is 16.4 Å². The minimum absolute atomic E-state index is 0.0412. The highest BCUT2D eigenvalue weighted by Gasteiger charge is 2.16. The minimum Gasteiger partial charge on any atom is -0.478 e. The third kappa shape index (κ3) is 3.43. The van der Waals surface area contributed by atoms with Gasteiger partial charge in [0, 0.05) is 18.8 Å². The van der Waals surface area contributed by atoms with Crippen LogP contribution in [0.1, 0.15) is 24.2 Å². The van der Waals surface area contributed by atoms with Crippen molar-refractivity contribution in [2.75, 3.05) is 5.75 Å². The van der Waals surface area contributed by atoms with E-state index in [1.54, 1.807) is 13.8 Å². The van der Waals surface area contributed by atoms with Crippen molar-refractivity contribution in [1.29, 1.82) is 0 Å². The van der Waals surface area contributed by atoms with Crippen LogP contribution in [-0.4, -0.2) is 35.1 Å². The molecule has 0 aliphatic rings. The van der Waals surface area contributed by atoms with Crippen LogP contribution in [0.15, 0.2) is 23.1 Å². The number of pyridine rings is 1. The second-order valence-corrected chi connectivity index (χ2v) is 6.85. The summed E-state index contributed by atoms with van der Waals surface area (Å²) < 4.78 is 24.3. The molecular weight excluding hydrogens is 258 g/mol. The van der Waals surface area contributed by atoms with Gasteiger partial charge < -0.3 is 9.67 Å². The molecule has 0 bridgehead atoms. The van der Waals surface area contributed by atoms with Crippen molar-refractivity contribution in [3.63, 3.8) is 0 Å². The fourth-order valence-corrected chi connectivity index (χ4v) is 2.22. The van der Waals surface area contributed by atoms with Gasteiger partial charge in [0.05, 0.1) is 16.6 Å². The molecular formula is C11H15NO5S. The van der Waals surface area contributed by atoms with Crippen molar-refractivity contribution in [3.8, 4) is 0 Å². The molecule has 7 heteroatoms. The Morgan fingerprint density at radius 2 is 2.00 bits per heavy atom. The molecule has 0 saturated carbocycles. The SMILES string of the molecule is CC(C)S(=O)(=O)CCn1cc(C(=O)O)ccc1=O. The fourth-order valence-electron chi connectivity index (χ4n) is 1.29. The summed E-state index contributed by atoms with van der Waals surface area (Å²) in [6.45, 7) is 3.08. The first-order valence-corrected chi connectivity index (χ1v) is 7.11. The number of hydrogen-bond acceptors (Lipinski definition) is 4. The molecule has 1 aromatic heterocycles. The Morgan fingerprint density at radius 3 is 2.50 bits per heavy atom. The summed E-state index contributed by atoms with van der Waals surface area (Å²) in [5.74, 6) is -1.34. The second kappa shape index (κ2) is 5.34. The van der Waals surface area contributed by atoms with Crippen LogP contribution in [0, 0.1) is 0 Å². The van der Waals surface area contributed by atoms with Gasteiger partial charge in [-0.05, 0) is 19.9 Å². The molecule has 0 spiro atoms. The van der Waals surface area contributed by atoms with Gasteiger partial charge in [-0.25, -0.2) is 13.2 Å². The van der Waals surface area contributed by atoms with Crippen molar-refractivity contribution in [2.45, 2.75) is 25.6 Å². The summed E-state index contributed by atoms with van der Waals surface area (Å²) >= 11 is 0. The standard InChI is InChI=1S/C11H15NO5S/c1-8(2)18(16,17)6-5-12-7-9(11(14)15)3-4-10(12)13/h3-4,7-8H,5-6H2,1-2H3,(H,14,15). The first-order valence-electron chi connectivity index (χ1n) is 5.39. The van der Waals surface area contributed by atoms with Gasteiger partial charge in [-0.15, -0.1) is 0 Å². The minimum atomic E-state index is -3.25. The van der Waals surface area contributed by atoms with Crippen molar-refractivity contribution in [1.82, 2.24) is 4.57 Å². The lowest BCUT2D eigenvalue weighted by molar-refractivity contribution is 0.0696. The lowest BCUT2D eigenvalue weighted by Crippen LogP contribution is -2.27. The fraction of sp³-hybridized carbons (Fsp3) is 0.455. The molecule has 100 valence electrons. The van der Waals surface area contributed by atoms with Crippen LogP contribution in [0.25, 0.3) is 0 Å². The first kappa shape index (κ1) is 14.4. The smallest absolute Gasteiger partial charge is 0.337 e. The zero-order valence-corrected chi connectivity index (χ0v) is 11.0. The number of carboxylic acid groups (broad SMARTS) is 1. The number of aromatic nitrogens is 1. The van der Waals surface area contributed by atoms with Gasteiger partial charge in [-0.1, -0.05) is 0 Å². The Kier molecular flexibility index (Phi) is 4.28. The van der Waals surface area contributed by atoms with Gasteiger partial charge >= 0.3 is 5.97 Å². The zero-order chi connectivity index (χ0) is 13.9. The highest BCUT2D eigenvalue weighted by atomic mass is 32.2. The van der Waals surface area contributed by atoms with Gasteiger partial charge in [-0.3, -0.25) is 4.79 Å². The maximum absolute atomic E-state index is 11.6. The average Bonchev–Trinajstić information content (AvgIpc) is 2.27. The molecule has 0 unspecified atom stereocenters.